The Morgan fingerprint density at radius 2 is 2.00 bits per heavy atom. The first-order valence-corrected chi connectivity index (χ1v) is 6.99. The summed E-state index contributed by atoms with van der Waals surface area (Å²) in [7, 11) is 4.38. The first-order chi connectivity index (χ1) is 8.25. The third kappa shape index (κ3) is 2.01. The molecule has 0 aromatic carbocycles. The van der Waals surface area contributed by atoms with Crippen molar-refractivity contribution in [3.05, 3.63) is 17.0 Å². The Kier molecular flexibility index (Phi) is 2.95. The molecule has 0 spiro atoms. The average molecular weight is 233 g/mol. The molecule has 0 unspecified atom stereocenters. The van der Waals surface area contributed by atoms with Crippen LogP contribution in [0.5, 0.6) is 0 Å². The van der Waals surface area contributed by atoms with E-state index >= 15 is 0 Å². The molecular weight excluding hydrogens is 210 g/mol. The molecule has 0 saturated heterocycles. The molecule has 0 N–H and O–H groups in total. The number of fused-ring (bicyclic) bond motifs is 1. The Bertz CT molecular complexity index is 404. The minimum Gasteiger partial charge on any atom is -0.298 e. The van der Waals surface area contributed by atoms with Crippen molar-refractivity contribution < 1.29 is 0 Å². The van der Waals surface area contributed by atoms with Crippen molar-refractivity contribution in [3.63, 3.8) is 0 Å². The molecule has 0 amide bonds. The molecule has 0 atom stereocenters. The van der Waals surface area contributed by atoms with Gasteiger partial charge in [0.2, 0.25) is 0 Å². The number of aromatic nitrogens is 2. The molecule has 0 aliphatic heterocycles. The van der Waals surface area contributed by atoms with Gasteiger partial charge in [-0.15, -0.1) is 0 Å². The number of hydrogen-bond acceptors (Lipinski definition) is 2. The lowest BCUT2D eigenvalue weighted by molar-refractivity contribution is 0.149. The van der Waals surface area contributed by atoms with Crippen LogP contribution in [0.2, 0.25) is 0 Å². The van der Waals surface area contributed by atoms with Crippen LogP contribution in [-0.4, -0.2) is 27.8 Å². The predicted octanol–water partition coefficient (Wildman–Crippen LogP) is 2.28. The molecule has 2 aliphatic rings. The van der Waals surface area contributed by atoms with Crippen molar-refractivity contribution in [2.24, 2.45) is 7.05 Å². The molecule has 1 saturated carbocycles. The molecule has 94 valence electrons. The maximum Gasteiger partial charge on any atom is 0.0659 e. The number of hydrogen-bond donors (Lipinski definition) is 0. The minimum atomic E-state index is 0.823. The van der Waals surface area contributed by atoms with Crippen LogP contribution in [0.3, 0.4) is 0 Å². The van der Waals surface area contributed by atoms with Gasteiger partial charge in [-0.05, 0) is 51.1 Å². The smallest absolute Gasteiger partial charge is 0.0659 e. The molecule has 1 aromatic rings. The molecule has 3 nitrogen and oxygen atoms in total. The molecule has 0 radical (unpaired) electrons. The van der Waals surface area contributed by atoms with Gasteiger partial charge in [0.25, 0.3) is 0 Å². The lowest BCUT2D eigenvalue weighted by Crippen LogP contribution is -2.37. The van der Waals surface area contributed by atoms with Gasteiger partial charge in [0, 0.05) is 19.6 Å². The van der Waals surface area contributed by atoms with Gasteiger partial charge in [-0.25, -0.2) is 0 Å². The second kappa shape index (κ2) is 4.45. The Balaban J connectivity index is 1.79. The summed E-state index contributed by atoms with van der Waals surface area (Å²) in [5.41, 5.74) is 4.40. The topological polar surface area (TPSA) is 21.1 Å². The highest BCUT2D eigenvalue weighted by atomic mass is 15.3. The van der Waals surface area contributed by atoms with E-state index in [9.17, 15) is 0 Å². The van der Waals surface area contributed by atoms with Crippen molar-refractivity contribution in [1.29, 1.82) is 0 Å². The van der Waals surface area contributed by atoms with Gasteiger partial charge in [-0.1, -0.05) is 6.42 Å². The van der Waals surface area contributed by atoms with E-state index in [0.29, 0.717) is 0 Å². The van der Waals surface area contributed by atoms with Gasteiger partial charge in [0.15, 0.2) is 0 Å². The van der Waals surface area contributed by atoms with E-state index in [4.69, 9.17) is 5.10 Å². The zero-order valence-corrected chi connectivity index (χ0v) is 11.1. The lowest BCUT2D eigenvalue weighted by atomic mass is 9.91. The van der Waals surface area contributed by atoms with E-state index in [1.54, 1.807) is 5.56 Å². The second-order valence-electron chi connectivity index (χ2n) is 5.70. The summed E-state index contributed by atoms with van der Waals surface area (Å²) in [6.07, 6.45) is 9.29. The molecule has 1 fully saturated rings. The zero-order valence-electron chi connectivity index (χ0n) is 11.1. The van der Waals surface area contributed by atoms with Crippen molar-refractivity contribution in [2.75, 3.05) is 7.05 Å². The summed E-state index contributed by atoms with van der Waals surface area (Å²) >= 11 is 0. The van der Waals surface area contributed by atoms with E-state index < -0.39 is 0 Å². The van der Waals surface area contributed by atoms with Crippen molar-refractivity contribution in [3.8, 4) is 0 Å². The van der Waals surface area contributed by atoms with Crippen LogP contribution in [0.1, 0.15) is 49.1 Å². The molecule has 2 aliphatic carbocycles. The molecule has 1 heterocycles. The third-order valence-electron chi connectivity index (χ3n) is 4.55. The molecule has 3 rings (SSSR count). The Morgan fingerprint density at radius 1 is 1.24 bits per heavy atom. The Labute approximate surface area is 104 Å². The number of nitrogens with zero attached hydrogens (tertiary/aromatic N) is 3. The molecule has 0 bridgehead atoms. The number of aryl methyl sites for hydroxylation is 2. The minimum absolute atomic E-state index is 0.823. The normalized spacial score (nSPS) is 20.4. The highest BCUT2D eigenvalue weighted by Gasteiger charge is 2.25. The fraction of sp³-hybridized carbons (Fsp3) is 0.786. The average Bonchev–Trinajstić information content (AvgIpc) is 2.53. The fourth-order valence-electron chi connectivity index (χ4n) is 3.14. The summed E-state index contributed by atoms with van der Waals surface area (Å²) in [6.45, 7) is 1.09. The quantitative estimate of drug-likeness (QED) is 0.798. The Hall–Kier alpha value is -0.830. The largest absolute Gasteiger partial charge is 0.298 e. The fourth-order valence-corrected chi connectivity index (χ4v) is 3.14. The second-order valence-corrected chi connectivity index (χ2v) is 5.70. The number of rotatable bonds is 3. The van der Waals surface area contributed by atoms with Crippen LogP contribution < -0.4 is 0 Å². The summed E-state index contributed by atoms with van der Waals surface area (Å²) in [6, 6.07) is 0.823. The van der Waals surface area contributed by atoms with Gasteiger partial charge < -0.3 is 0 Å². The standard InChI is InChI=1S/C14H23N3/c1-16(11-6-5-7-11)10-14-12-8-3-4-9-13(12)15-17(14)2/h11H,3-10H2,1-2H3. The maximum atomic E-state index is 4.70. The lowest BCUT2D eigenvalue weighted by Gasteiger charge is -2.35. The summed E-state index contributed by atoms with van der Waals surface area (Å²) < 4.78 is 2.13. The van der Waals surface area contributed by atoms with Crippen molar-refractivity contribution >= 4 is 0 Å². The molecule has 1 aromatic heterocycles. The maximum absolute atomic E-state index is 4.70. The van der Waals surface area contributed by atoms with Gasteiger partial charge >= 0.3 is 0 Å². The summed E-state index contributed by atoms with van der Waals surface area (Å²) in [5, 5.41) is 4.70. The van der Waals surface area contributed by atoms with Crippen LogP contribution in [0.15, 0.2) is 0 Å². The van der Waals surface area contributed by atoms with Gasteiger partial charge in [-0.3, -0.25) is 9.58 Å². The molecule has 3 heteroatoms. The zero-order chi connectivity index (χ0) is 11.8. The van der Waals surface area contributed by atoms with E-state index in [1.807, 2.05) is 0 Å². The predicted molar refractivity (Wildman–Crippen MR) is 69.0 cm³/mol. The molecule has 17 heavy (non-hydrogen) atoms. The first kappa shape index (κ1) is 11.3. The van der Waals surface area contributed by atoms with Gasteiger partial charge in [0.1, 0.15) is 0 Å². The van der Waals surface area contributed by atoms with Crippen molar-refractivity contribution in [1.82, 2.24) is 14.7 Å². The SMILES string of the molecule is CN(Cc1c2c(nn1C)CCCC2)C1CCC1. The highest BCUT2D eigenvalue weighted by Crippen LogP contribution is 2.28. The van der Waals surface area contributed by atoms with Crippen LogP contribution in [0, 0.1) is 0 Å². The van der Waals surface area contributed by atoms with Gasteiger partial charge in [0.05, 0.1) is 11.4 Å². The monoisotopic (exact) mass is 233 g/mol. The highest BCUT2D eigenvalue weighted by molar-refractivity contribution is 5.28. The Morgan fingerprint density at radius 3 is 2.71 bits per heavy atom. The van der Waals surface area contributed by atoms with E-state index in [2.05, 4.69) is 23.7 Å². The molecular formula is C14H23N3. The van der Waals surface area contributed by atoms with Crippen LogP contribution in [0.25, 0.3) is 0 Å². The van der Waals surface area contributed by atoms with Crippen LogP contribution in [0.4, 0.5) is 0 Å². The van der Waals surface area contributed by atoms with E-state index in [1.165, 1.54) is 56.3 Å². The van der Waals surface area contributed by atoms with E-state index in [-0.39, 0.29) is 0 Å². The first-order valence-electron chi connectivity index (χ1n) is 6.99. The van der Waals surface area contributed by atoms with Gasteiger partial charge in [-0.2, -0.15) is 5.10 Å². The van der Waals surface area contributed by atoms with Crippen LogP contribution >= 0.6 is 0 Å². The third-order valence-corrected chi connectivity index (χ3v) is 4.55. The van der Waals surface area contributed by atoms with Crippen LogP contribution in [-0.2, 0) is 26.4 Å². The summed E-state index contributed by atoms with van der Waals surface area (Å²) in [4.78, 5) is 2.52. The summed E-state index contributed by atoms with van der Waals surface area (Å²) in [5.74, 6) is 0. The van der Waals surface area contributed by atoms with E-state index in [0.717, 1.165) is 12.6 Å². The van der Waals surface area contributed by atoms with Crippen molar-refractivity contribution in [2.45, 2.75) is 57.5 Å².